The number of carbonyl (C=O) groups is 2. The van der Waals surface area contributed by atoms with E-state index in [1.54, 1.807) is 24.4 Å². The first kappa shape index (κ1) is 20.4. The van der Waals surface area contributed by atoms with Crippen molar-refractivity contribution in [3.05, 3.63) is 70.2 Å². The van der Waals surface area contributed by atoms with Gasteiger partial charge in [-0.15, -0.1) is 0 Å². The molecule has 0 N–H and O–H groups in total. The van der Waals surface area contributed by atoms with Crippen molar-refractivity contribution in [3.63, 3.8) is 0 Å². The number of amides is 1. The smallest absolute Gasteiger partial charge is 0.329 e. The molecule has 8 heteroatoms. The standard InChI is InChI=1S/C22H18Cl2N2O4/c1-29-22(28)18-10-13-4-2-3-5-17(13)26(18)21(27)9-8-20-25-12-19(30-20)15-7-6-14(23)11-16(15)24/h2-7,11-12,18H,8-10H2,1H3. The number of nitrogens with zero attached hydrogens (tertiary/aromatic N) is 2. The lowest BCUT2D eigenvalue weighted by Crippen LogP contribution is -2.43. The highest BCUT2D eigenvalue weighted by Gasteiger charge is 2.38. The van der Waals surface area contributed by atoms with Crippen molar-refractivity contribution in [2.24, 2.45) is 0 Å². The molecule has 1 amide bonds. The van der Waals surface area contributed by atoms with Crippen LogP contribution < -0.4 is 4.90 Å². The van der Waals surface area contributed by atoms with Crippen LogP contribution in [-0.2, 0) is 27.2 Å². The molecule has 1 atom stereocenters. The predicted octanol–water partition coefficient (Wildman–Crippen LogP) is 4.71. The van der Waals surface area contributed by atoms with Crippen molar-refractivity contribution in [1.82, 2.24) is 4.98 Å². The largest absolute Gasteiger partial charge is 0.467 e. The van der Waals surface area contributed by atoms with Gasteiger partial charge < -0.3 is 9.15 Å². The number of aromatic nitrogens is 1. The van der Waals surface area contributed by atoms with Crippen molar-refractivity contribution >= 4 is 40.8 Å². The zero-order valence-electron chi connectivity index (χ0n) is 16.1. The monoisotopic (exact) mass is 444 g/mol. The first-order valence-corrected chi connectivity index (χ1v) is 10.1. The molecule has 4 rings (SSSR count). The first-order chi connectivity index (χ1) is 14.5. The fourth-order valence-corrected chi connectivity index (χ4v) is 4.09. The van der Waals surface area contributed by atoms with Gasteiger partial charge in [-0.2, -0.15) is 0 Å². The molecule has 2 heterocycles. The van der Waals surface area contributed by atoms with Crippen LogP contribution in [0.5, 0.6) is 0 Å². The number of para-hydroxylation sites is 1. The molecule has 0 radical (unpaired) electrons. The SMILES string of the molecule is COC(=O)C1Cc2ccccc2N1C(=O)CCc1ncc(-c2ccc(Cl)cc2Cl)o1. The molecule has 1 aliphatic heterocycles. The second-order valence-electron chi connectivity index (χ2n) is 6.88. The molecular formula is C22H18Cl2N2O4. The Labute approximate surface area is 183 Å². The zero-order valence-corrected chi connectivity index (χ0v) is 17.6. The second kappa shape index (κ2) is 8.50. The highest BCUT2D eigenvalue weighted by Crippen LogP contribution is 2.34. The van der Waals surface area contributed by atoms with Gasteiger partial charge in [0, 0.05) is 35.5 Å². The van der Waals surface area contributed by atoms with Crippen molar-refractivity contribution in [3.8, 4) is 11.3 Å². The van der Waals surface area contributed by atoms with Crippen LogP contribution in [0.3, 0.4) is 0 Å². The molecule has 0 fully saturated rings. The van der Waals surface area contributed by atoms with Gasteiger partial charge in [-0.25, -0.2) is 9.78 Å². The maximum atomic E-state index is 13.0. The third-order valence-electron chi connectivity index (χ3n) is 5.02. The average Bonchev–Trinajstić information content (AvgIpc) is 3.36. The Kier molecular flexibility index (Phi) is 5.79. The first-order valence-electron chi connectivity index (χ1n) is 9.36. The lowest BCUT2D eigenvalue weighted by Gasteiger charge is -2.23. The number of ether oxygens (including phenoxy) is 1. The summed E-state index contributed by atoms with van der Waals surface area (Å²) in [6.45, 7) is 0. The van der Waals surface area contributed by atoms with Crippen LogP contribution in [0.4, 0.5) is 5.69 Å². The molecule has 0 spiro atoms. The van der Waals surface area contributed by atoms with Gasteiger partial charge in [0.1, 0.15) is 6.04 Å². The number of hydrogen-bond donors (Lipinski definition) is 0. The summed E-state index contributed by atoms with van der Waals surface area (Å²) in [5.74, 6) is 0.277. The van der Waals surface area contributed by atoms with E-state index >= 15 is 0 Å². The van der Waals surface area contributed by atoms with E-state index in [9.17, 15) is 9.59 Å². The molecular weight excluding hydrogens is 427 g/mol. The van der Waals surface area contributed by atoms with Gasteiger partial charge in [0.25, 0.3) is 0 Å². The Morgan fingerprint density at radius 3 is 2.80 bits per heavy atom. The molecule has 1 aromatic heterocycles. The number of rotatable bonds is 5. The van der Waals surface area contributed by atoms with Crippen LogP contribution in [0.15, 0.2) is 53.1 Å². The molecule has 1 unspecified atom stereocenters. The van der Waals surface area contributed by atoms with E-state index in [0.717, 1.165) is 11.3 Å². The molecule has 0 bridgehead atoms. The summed E-state index contributed by atoms with van der Waals surface area (Å²) in [6, 6.07) is 11.9. The Bertz CT molecular complexity index is 1110. The molecule has 0 saturated carbocycles. The van der Waals surface area contributed by atoms with Gasteiger partial charge in [0.2, 0.25) is 5.91 Å². The number of aryl methyl sites for hydroxylation is 1. The van der Waals surface area contributed by atoms with E-state index in [1.807, 2.05) is 24.3 Å². The summed E-state index contributed by atoms with van der Waals surface area (Å²) in [4.78, 5) is 31.0. The number of hydrogen-bond acceptors (Lipinski definition) is 5. The maximum Gasteiger partial charge on any atom is 0.329 e. The van der Waals surface area contributed by atoms with Crippen molar-refractivity contribution in [2.45, 2.75) is 25.3 Å². The fraction of sp³-hybridized carbons (Fsp3) is 0.227. The van der Waals surface area contributed by atoms with Gasteiger partial charge in [0.15, 0.2) is 11.7 Å². The van der Waals surface area contributed by atoms with Crippen LogP contribution >= 0.6 is 23.2 Å². The number of anilines is 1. The number of carbonyl (C=O) groups excluding carboxylic acids is 2. The average molecular weight is 445 g/mol. The molecule has 0 saturated heterocycles. The topological polar surface area (TPSA) is 72.6 Å². The molecule has 154 valence electrons. The number of methoxy groups -OCH3 is 1. The minimum atomic E-state index is -0.659. The summed E-state index contributed by atoms with van der Waals surface area (Å²) in [6.07, 6.45) is 2.43. The summed E-state index contributed by atoms with van der Waals surface area (Å²) in [5.41, 5.74) is 2.35. The quantitative estimate of drug-likeness (QED) is 0.532. The number of esters is 1. The van der Waals surface area contributed by atoms with Gasteiger partial charge in [-0.05, 0) is 29.8 Å². The van der Waals surface area contributed by atoms with Crippen LogP contribution in [0, 0.1) is 0 Å². The summed E-state index contributed by atoms with van der Waals surface area (Å²) in [7, 11) is 1.32. The Hall–Kier alpha value is -2.83. The Morgan fingerprint density at radius 2 is 2.03 bits per heavy atom. The van der Waals surface area contributed by atoms with E-state index in [4.69, 9.17) is 32.4 Å². The molecule has 30 heavy (non-hydrogen) atoms. The number of fused-ring (bicyclic) bond motifs is 1. The minimum absolute atomic E-state index is 0.135. The zero-order chi connectivity index (χ0) is 21.3. The van der Waals surface area contributed by atoms with Crippen LogP contribution in [0.25, 0.3) is 11.3 Å². The van der Waals surface area contributed by atoms with E-state index in [1.165, 1.54) is 12.0 Å². The van der Waals surface area contributed by atoms with Crippen molar-refractivity contribution in [1.29, 1.82) is 0 Å². The van der Waals surface area contributed by atoms with Gasteiger partial charge in [0.05, 0.1) is 18.3 Å². The van der Waals surface area contributed by atoms with E-state index in [0.29, 0.717) is 33.7 Å². The third kappa shape index (κ3) is 3.93. The molecule has 1 aliphatic rings. The third-order valence-corrected chi connectivity index (χ3v) is 5.57. The fourth-order valence-electron chi connectivity index (χ4n) is 3.59. The Balaban J connectivity index is 1.49. The maximum absolute atomic E-state index is 13.0. The van der Waals surface area contributed by atoms with Crippen molar-refractivity contribution < 1.29 is 18.7 Å². The molecule has 3 aromatic rings. The van der Waals surface area contributed by atoms with Gasteiger partial charge >= 0.3 is 5.97 Å². The number of halogens is 2. The summed E-state index contributed by atoms with van der Waals surface area (Å²) < 4.78 is 10.7. The van der Waals surface area contributed by atoms with E-state index in [-0.39, 0.29) is 18.7 Å². The lowest BCUT2D eigenvalue weighted by molar-refractivity contribution is -0.143. The minimum Gasteiger partial charge on any atom is -0.467 e. The van der Waals surface area contributed by atoms with Crippen LogP contribution in [0.1, 0.15) is 17.9 Å². The van der Waals surface area contributed by atoms with Gasteiger partial charge in [-0.1, -0.05) is 41.4 Å². The lowest BCUT2D eigenvalue weighted by atomic mass is 10.1. The summed E-state index contributed by atoms with van der Waals surface area (Å²) in [5, 5.41) is 0.982. The predicted molar refractivity (Wildman–Crippen MR) is 114 cm³/mol. The van der Waals surface area contributed by atoms with Crippen molar-refractivity contribution in [2.75, 3.05) is 12.0 Å². The van der Waals surface area contributed by atoms with Crippen LogP contribution in [-0.4, -0.2) is 30.0 Å². The highest BCUT2D eigenvalue weighted by atomic mass is 35.5. The van der Waals surface area contributed by atoms with Gasteiger partial charge in [-0.3, -0.25) is 9.69 Å². The molecule has 2 aromatic carbocycles. The van der Waals surface area contributed by atoms with Crippen LogP contribution in [0.2, 0.25) is 10.0 Å². The second-order valence-corrected chi connectivity index (χ2v) is 7.72. The highest BCUT2D eigenvalue weighted by molar-refractivity contribution is 6.36. The molecule has 6 nitrogen and oxygen atoms in total. The normalized spacial score (nSPS) is 15.2. The summed E-state index contributed by atoms with van der Waals surface area (Å²) >= 11 is 12.1. The van der Waals surface area contributed by atoms with E-state index < -0.39 is 12.0 Å². The number of benzene rings is 2. The molecule has 0 aliphatic carbocycles. The van der Waals surface area contributed by atoms with E-state index in [2.05, 4.69) is 4.98 Å². The number of oxazole rings is 1. The Morgan fingerprint density at radius 1 is 1.23 bits per heavy atom.